The fourth-order valence-electron chi connectivity index (χ4n) is 5.36. The lowest BCUT2D eigenvalue weighted by molar-refractivity contribution is -0.126. The summed E-state index contributed by atoms with van der Waals surface area (Å²) >= 11 is 3.71. The van der Waals surface area contributed by atoms with Crippen LogP contribution in [0.5, 0.6) is 0 Å². The molecular formula is C25H29BrN2O2. The first-order valence-corrected chi connectivity index (χ1v) is 11.7. The van der Waals surface area contributed by atoms with E-state index in [0.29, 0.717) is 12.5 Å². The largest absolute Gasteiger partial charge is 0.310 e. The van der Waals surface area contributed by atoms with Crippen LogP contribution in [0.25, 0.3) is 0 Å². The van der Waals surface area contributed by atoms with Crippen LogP contribution < -0.4 is 9.80 Å². The molecule has 158 valence electrons. The van der Waals surface area contributed by atoms with Crippen molar-refractivity contribution >= 4 is 39.1 Å². The Morgan fingerprint density at radius 1 is 1.07 bits per heavy atom. The summed E-state index contributed by atoms with van der Waals surface area (Å²) in [5.41, 5.74) is 3.57. The average molecular weight is 469 g/mol. The maximum atomic E-state index is 13.8. The molecule has 2 amide bonds. The zero-order chi connectivity index (χ0) is 21.5. The van der Waals surface area contributed by atoms with Crippen LogP contribution in [0.4, 0.5) is 11.4 Å². The van der Waals surface area contributed by atoms with Gasteiger partial charge in [-0.15, -0.1) is 0 Å². The van der Waals surface area contributed by atoms with E-state index in [4.69, 9.17) is 0 Å². The summed E-state index contributed by atoms with van der Waals surface area (Å²) in [7, 11) is 0. The minimum atomic E-state index is -0.546. The van der Waals surface area contributed by atoms with Crippen LogP contribution in [-0.4, -0.2) is 24.9 Å². The van der Waals surface area contributed by atoms with Gasteiger partial charge in [-0.3, -0.25) is 9.59 Å². The summed E-state index contributed by atoms with van der Waals surface area (Å²) in [5, 5.41) is 0. The maximum absolute atomic E-state index is 13.8. The second kappa shape index (κ2) is 8.18. The number of hydrogen-bond acceptors (Lipinski definition) is 2. The topological polar surface area (TPSA) is 40.6 Å². The number of benzene rings is 2. The van der Waals surface area contributed by atoms with E-state index >= 15 is 0 Å². The van der Waals surface area contributed by atoms with Crippen molar-refractivity contribution in [1.29, 1.82) is 0 Å². The molecule has 4 rings (SSSR count). The molecular weight excluding hydrogens is 440 g/mol. The van der Waals surface area contributed by atoms with Gasteiger partial charge in [0.15, 0.2) is 0 Å². The van der Waals surface area contributed by atoms with Crippen LogP contribution >= 0.6 is 15.9 Å². The smallest absolute Gasteiger partial charge is 0.247 e. The van der Waals surface area contributed by atoms with Gasteiger partial charge >= 0.3 is 0 Å². The van der Waals surface area contributed by atoms with Gasteiger partial charge < -0.3 is 9.80 Å². The summed E-state index contributed by atoms with van der Waals surface area (Å²) < 4.78 is 0.963. The molecule has 0 radical (unpaired) electrons. The van der Waals surface area contributed by atoms with Crippen LogP contribution in [0.15, 0.2) is 46.9 Å². The van der Waals surface area contributed by atoms with Crippen LogP contribution in [0.3, 0.4) is 0 Å². The van der Waals surface area contributed by atoms with E-state index in [0.717, 1.165) is 47.1 Å². The monoisotopic (exact) mass is 468 g/mol. The number of nitrogens with zero attached hydrogens (tertiary/aromatic N) is 2. The number of halogens is 1. The molecule has 0 spiro atoms. The van der Waals surface area contributed by atoms with Crippen molar-refractivity contribution in [1.82, 2.24) is 0 Å². The first kappa shape index (κ1) is 21.1. The summed E-state index contributed by atoms with van der Waals surface area (Å²) in [6.45, 7) is 7.14. The Labute approximate surface area is 187 Å². The van der Waals surface area contributed by atoms with E-state index in [1.807, 2.05) is 41.3 Å². The summed E-state index contributed by atoms with van der Waals surface area (Å²) in [5.74, 6) is 0.358. The quantitative estimate of drug-likeness (QED) is 0.538. The van der Waals surface area contributed by atoms with E-state index in [1.54, 1.807) is 4.90 Å². The molecule has 2 aliphatic heterocycles. The van der Waals surface area contributed by atoms with Crippen LogP contribution in [-0.2, 0) is 15.0 Å². The highest BCUT2D eigenvalue weighted by molar-refractivity contribution is 9.10. The van der Waals surface area contributed by atoms with Crippen LogP contribution in [0.2, 0.25) is 0 Å². The second-order valence-electron chi connectivity index (χ2n) is 8.57. The van der Waals surface area contributed by atoms with Crippen molar-refractivity contribution in [3.63, 3.8) is 0 Å². The molecule has 5 heteroatoms. The van der Waals surface area contributed by atoms with Crippen molar-refractivity contribution in [3.8, 4) is 0 Å². The van der Waals surface area contributed by atoms with Gasteiger partial charge in [0, 0.05) is 33.9 Å². The number of hydrogen-bond donors (Lipinski definition) is 0. The first-order valence-electron chi connectivity index (χ1n) is 10.9. The fourth-order valence-corrected chi connectivity index (χ4v) is 6.10. The van der Waals surface area contributed by atoms with E-state index in [9.17, 15) is 9.59 Å². The predicted octanol–water partition coefficient (Wildman–Crippen LogP) is 5.78. The third-order valence-corrected chi connectivity index (χ3v) is 7.24. The van der Waals surface area contributed by atoms with Crippen molar-refractivity contribution in [2.24, 2.45) is 0 Å². The molecule has 0 fully saturated rings. The fraction of sp³-hybridized carbons (Fsp3) is 0.440. The number of fused-ring (bicyclic) bond motifs is 2. The Morgan fingerprint density at radius 2 is 1.73 bits per heavy atom. The van der Waals surface area contributed by atoms with Crippen LogP contribution in [0.1, 0.15) is 63.5 Å². The summed E-state index contributed by atoms with van der Waals surface area (Å²) in [6, 6.07) is 14.0. The van der Waals surface area contributed by atoms with E-state index in [-0.39, 0.29) is 18.4 Å². The predicted molar refractivity (Wildman–Crippen MR) is 125 cm³/mol. The summed E-state index contributed by atoms with van der Waals surface area (Å²) in [4.78, 5) is 30.8. The highest BCUT2D eigenvalue weighted by atomic mass is 79.9. The Hall–Kier alpha value is -2.14. The molecule has 1 unspecified atom stereocenters. The molecule has 30 heavy (non-hydrogen) atoms. The minimum Gasteiger partial charge on any atom is -0.310 e. The Kier molecular flexibility index (Phi) is 5.75. The minimum absolute atomic E-state index is 0.0186. The van der Waals surface area contributed by atoms with Gasteiger partial charge in [-0.1, -0.05) is 73.8 Å². The summed E-state index contributed by atoms with van der Waals surface area (Å²) in [6.07, 6.45) is 3.43. The molecule has 2 heterocycles. The highest BCUT2D eigenvalue weighted by Gasteiger charge is 2.51. The van der Waals surface area contributed by atoms with E-state index in [1.165, 1.54) is 5.56 Å². The molecule has 0 N–H and O–H groups in total. The number of amides is 2. The van der Waals surface area contributed by atoms with Crippen molar-refractivity contribution in [2.45, 2.75) is 57.8 Å². The number of para-hydroxylation sites is 1. The molecule has 2 aromatic rings. The molecule has 0 aliphatic carbocycles. The van der Waals surface area contributed by atoms with Gasteiger partial charge in [-0.2, -0.15) is 0 Å². The normalized spacial score (nSPS) is 19.2. The molecule has 1 atom stereocenters. The van der Waals surface area contributed by atoms with Gasteiger partial charge in [-0.05, 0) is 36.6 Å². The molecule has 0 saturated heterocycles. The van der Waals surface area contributed by atoms with E-state index < -0.39 is 5.41 Å². The van der Waals surface area contributed by atoms with Gasteiger partial charge in [0.25, 0.3) is 0 Å². The van der Waals surface area contributed by atoms with Gasteiger partial charge in [-0.25, -0.2) is 0 Å². The first-order chi connectivity index (χ1) is 14.4. The van der Waals surface area contributed by atoms with E-state index in [2.05, 4.69) is 42.8 Å². The average Bonchev–Trinajstić information content (AvgIpc) is 3.18. The van der Waals surface area contributed by atoms with Gasteiger partial charge in [0.1, 0.15) is 6.54 Å². The SMILES string of the molecule is CCCC1(CCC)C(=O)N(CC(=O)N2CC(C)c3ccccc32)c2cccc(Br)c21. The maximum Gasteiger partial charge on any atom is 0.247 e. The zero-order valence-electron chi connectivity index (χ0n) is 18.0. The zero-order valence-corrected chi connectivity index (χ0v) is 19.5. The molecule has 0 aromatic heterocycles. The van der Waals surface area contributed by atoms with Gasteiger partial charge in [0.05, 0.1) is 5.41 Å². The lowest BCUT2D eigenvalue weighted by Crippen LogP contribution is -2.46. The third kappa shape index (κ3) is 3.18. The molecule has 2 aliphatic rings. The molecule has 4 nitrogen and oxygen atoms in total. The van der Waals surface area contributed by atoms with Crippen molar-refractivity contribution in [2.75, 3.05) is 22.9 Å². The number of anilines is 2. The Balaban J connectivity index is 1.70. The number of carbonyl (C=O) groups excluding carboxylic acids is 2. The lowest BCUT2D eigenvalue weighted by atomic mass is 9.74. The Bertz CT molecular complexity index is 981. The van der Waals surface area contributed by atoms with Crippen LogP contribution in [0, 0.1) is 0 Å². The standard InChI is InChI=1S/C25H29BrN2O2/c1-4-13-25(14-5-2)23-19(26)10-8-12-21(23)28(24(25)30)16-22(29)27-15-17(3)18-9-6-7-11-20(18)27/h6-12,17H,4-5,13-16H2,1-3H3. The lowest BCUT2D eigenvalue weighted by Gasteiger charge is -2.29. The number of carbonyl (C=O) groups is 2. The van der Waals surface area contributed by atoms with Crippen molar-refractivity contribution < 1.29 is 9.59 Å². The molecule has 2 aromatic carbocycles. The number of rotatable bonds is 6. The van der Waals surface area contributed by atoms with Crippen molar-refractivity contribution in [3.05, 3.63) is 58.1 Å². The molecule has 0 saturated carbocycles. The molecule has 0 bridgehead atoms. The highest BCUT2D eigenvalue weighted by Crippen LogP contribution is 2.50. The van der Waals surface area contributed by atoms with Gasteiger partial charge in [0.2, 0.25) is 11.8 Å². The third-order valence-electron chi connectivity index (χ3n) is 6.58. The Morgan fingerprint density at radius 3 is 2.43 bits per heavy atom. The second-order valence-corrected chi connectivity index (χ2v) is 9.43.